The number of sulfone groups is 1. The minimum atomic E-state index is -4.04. The highest BCUT2D eigenvalue weighted by Gasteiger charge is 2.57. The van der Waals surface area contributed by atoms with Crippen LogP contribution >= 0.6 is 23.2 Å². The Morgan fingerprint density at radius 2 is 1.74 bits per heavy atom. The van der Waals surface area contributed by atoms with Crippen LogP contribution in [0.2, 0.25) is 10.0 Å². The fourth-order valence-corrected chi connectivity index (χ4v) is 7.62. The number of ketones is 1. The third kappa shape index (κ3) is 6.49. The number of ether oxygens (including phenoxy) is 1. The van der Waals surface area contributed by atoms with Crippen LogP contribution in [0.4, 0.5) is 0 Å². The Labute approximate surface area is 255 Å². The van der Waals surface area contributed by atoms with Gasteiger partial charge in [-0.25, -0.2) is 8.42 Å². The van der Waals surface area contributed by atoms with Gasteiger partial charge in [-0.05, 0) is 55.5 Å². The molecule has 4 rings (SSSR count). The lowest BCUT2D eigenvalue weighted by atomic mass is 9.94. The van der Waals surface area contributed by atoms with Crippen molar-refractivity contribution in [2.45, 2.75) is 60.3 Å². The van der Waals surface area contributed by atoms with E-state index in [2.05, 4.69) is 10.6 Å². The van der Waals surface area contributed by atoms with Crippen LogP contribution in [0.25, 0.3) is 0 Å². The maximum atomic E-state index is 14.1. The molecule has 2 N–H and O–H groups in total. The van der Waals surface area contributed by atoms with E-state index in [9.17, 15) is 27.6 Å². The second-order valence-electron chi connectivity index (χ2n) is 10.5. The Kier molecular flexibility index (Phi) is 9.97. The number of nitrogens with zero attached hydrogens (tertiary/aromatic N) is 1. The molecule has 0 aromatic heterocycles. The molecule has 1 heterocycles. The van der Waals surface area contributed by atoms with Crippen LogP contribution in [0.3, 0.4) is 0 Å². The molecule has 0 radical (unpaired) electrons. The van der Waals surface area contributed by atoms with E-state index in [4.69, 9.17) is 27.9 Å². The topological polar surface area (TPSA) is 139 Å². The van der Waals surface area contributed by atoms with Crippen molar-refractivity contribution in [3.63, 3.8) is 0 Å². The Bertz CT molecular complexity index is 1460. The maximum Gasteiger partial charge on any atom is 0.289 e. The van der Waals surface area contributed by atoms with Crippen molar-refractivity contribution < 1.29 is 32.3 Å². The third-order valence-electron chi connectivity index (χ3n) is 7.82. The molecule has 0 spiro atoms. The first kappa shape index (κ1) is 31.9. The van der Waals surface area contributed by atoms with Gasteiger partial charge in [-0.2, -0.15) is 0 Å². The Morgan fingerprint density at radius 3 is 2.33 bits per heavy atom. The summed E-state index contributed by atoms with van der Waals surface area (Å²) in [6.07, 6.45) is 0.960. The Morgan fingerprint density at radius 1 is 1.07 bits per heavy atom. The van der Waals surface area contributed by atoms with Gasteiger partial charge in [0.1, 0.15) is 6.04 Å². The molecule has 1 aliphatic carbocycles. The fraction of sp³-hybridized carbons (Fsp3) is 0.448. The molecule has 2 fully saturated rings. The fourth-order valence-electron chi connectivity index (χ4n) is 5.28. The van der Waals surface area contributed by atoms with E-state index in [0.29, 0.717) is 17.9 Å². The molecule has 1 aliphatic heterocycles. The number of likely N-dealkylation sites (tertiary alicyclic amines) is 1. The number of rotatable bonds is 12. The summed E-state index contributed by atoms with van der Waals surface area (Å²) in [5, 5.41) is 4.46. The summed E-state index contributed by atoms with van der Waals surface area (Å²) in [7, 11) is -2.59. The van der Waals surface area contributed by atoms with Gasteiger partial charge in [-0.3, -0.25) is 19.2 Å². The summed E-state index contributed by atoms with van der Waals surface area (Å²) in [5.74, 6) is -2.81. The average Bonchev–Trinajstić information content (AvgIpc) is 3.65. The van der Waals surface area contributed by atoms with Crippen LogP contribution in [0.15, 0.2) is 53.4 Å². The molecule has 226 valence electrons. The van der Waals surface area contributed by atoms with Gasteiger partial charge in [0.15, 0.2) is 9.84 Å². The van der Waals surface area contributed by atoms with Gasteiger partial charge in [0.05, 0.1) is 33.2 Å². The molecule has 1 unspecified atom stereocenters. The van der Waals surface area contributed by atoms with Gasteiger partial charge < -0.3 is 20.3 Å². The molecule has 10 nitrogen and oxygen atoms in total. The van der Waals surface area contributed by atoms with Crippen molar-refractivity contribution in [3.05, 3.63) is 64.1 Å². The zero-order valence-corrected chi connectivity index (χ0v) is 25.6. The molecule has 1 saturated carbocycles. The second kappa shape index (κ2) is 13.1. The maximum absolute atomic E-state index is 14.1. The minimum Gasteiger partial charge on any atom is -0.383 e. The minimum absolute atomic E-state index is 0.0410. The number of methoxy groups -OCH3 is 1. The summed E-state index contributed by atoms with van der Waals surface area (Å²) in [5.41, 5.74) is -0.185. The number of halogens is 2. The highest BCUT2D eigenvalue weighted by molar-refractivity contribution is 7.92. The van der Waals surface area contributed by atoms with Gasteiger partial charge in [-0.1, -0.05) is 54.4 Å². The van der Waals surface area contributed by atoms with Crippen molar-refractivity contribution >= 4 is 56.5 Å². The molecule has 42 heavy (non-hydrogen) atoms. The number of Topliss-reactive ketones (excluding diaryl/α,β-unsaturated/α-hetero) is 1. The van der Waals surface area contributed by atoms with Crippen LogP contribution in [-0.4, -0.2) is 81.0 Å². The number of hydrogen-bond donors (Lipinski definition) is 2. The van der Waals surface area contributed by atoms with Gasteiger partial charge >= 0.3 is 0 Å². The number of nitrogens with one attached hydrogen (secondary N) is 2. The molecule has 3 amide bonds. The zero-order valence-electron chi connectivity index (χ0n) is 23.3. The predicted octanol–water partition coefficient (Wildman–Crippen LogP) is 2.69. The van der Waals surface area contributed by atoms with Crippen molar-refractivity contribution in [1.29, 1.82) is 0 Å². The first-order valence-electron chi connectivity index (χ1n) is 13.6. The average molecular weight is 639 g/mol. The van der Waals surface area contributed by atoms with Gasteiger partial charge in [-0.15, -0.1) is 0 Å². The SMILES string of the molecule is CCC(NC(=O)[C@@H]1C[C@@H](S(=O)(=O)c2ccccc2Cl)CN1C(=O)C1(c2ccc(Cl)cc2)CC1)C(=O)C(=O)NCCOC. The molecule has 3 atom stereocenters. The van der Waals surface area contributed by atoms with E-state index in [1.807, 2.05) is 0 Å². The van der Waals surface area contributed by atoms with Crippen LogP contribution in [0.1, 0.15) is 38.2 Å². The standard InChI is InChI=1S/C29H33Cl2N3O7S/c1-3-22(25(35)27(37)32-14-15-41-2)33-26(36)23-16-20(42(39,40)24-7-5-4-6-21(24)31)17-34(23)28(38)29(12-13-29)18-8-10-19(30)11-9-18/h4-11,20,22-23H,3,12-17H2,1-2H3,(H,32,37)(H,33,36)/t20-,22?,23+/m1/s1. The van der Waals surface area contributed by atoms with E-state index < -0.39 is 50.2 Å². The number of carbonyl (C=O) groups excluding carboxylic acids is 4. The van der Waals surface area contributed by atoms with Gasteiger partial charge in [0.25, 0.3) is 5.91 Å². The highest BCUT2D eigenvalue weighted by atomic mass is 35.5. The summed E-state index contributed by atoms with van der Waals surface area (Å²) >= 11 is 12.3. The van der Waals surface area contributed by atoms with E-state index in [1.54, 1.807) is 43.3 Å². The van der Waals surface area contributed by atoms with Crippen molar-refractivity contribution in [2.24, 2.45) is 0 Å². The molecule has 2 aromatic carbocycles. The van der Waals surface area contributed by atoms with Crippen molar-refractivity contribution in [2.75, 3.05) is 26.8 Å². The Balaban J connectivity index is 1.62. The number of amides is 3. The summed E-state index contributed by atoms with van der Waals surface area (Å²) in [4.78, 5) is 54.1. The van der Waals surface area contributed by atoms with E-state index >= 15 is 0 Å². The largest absolute Gasteiger partial charge is 0.383 e. The summed E-state index contributed by atoms with van der Waals surface area (Å²) < 4.78 is 32.2. The van der Waals surface area contributed by atoms with Crippen molar-refractivity contribution in [1.82, 2.24) is 15.5 Å². The molecular formula is C29H33Cl2N3O7S. The molecule has 13 heteroatoms. The summed E-state index contributed by atoms with van der Waals surface area (Å²) in [6, 6.07) is 10.5. The first-order valence-corrected chi connectivity index (χ1v) is 15.9. The second-order valence-corrected chi connectivity index (χ2v) is 13.5. The normalized spacial score (nSPS) is 20.0. The van der Waals surface area contributed by atoms with E-state index in [-0.39, 0.29) is 48.4 Å². The predicted molar refractivity (Wildman–Crippen MR) is 157 cm³/mol. The smallest absolute Gasteiger partial charge is 0.289 e. The van der Waals surface area contributed by atoms with Gasteiger partial charge in [0, 0.05) is 25.2 Å². The quantitative estimate of drug-likeness (QED) is 0.269. The molecule has 1 saturated heterocycles. The third-order valence-corrected chi connectivity index (χ3v) is 10.7. The van der Waals surface area contributed by atoms with E-state index in [1.165, 1.54) is 24.1 Å². The monoisotopic (exact) mass is 637 g/mol. The first-order chi connectivity index (χ1) is 20.0. The van der Waals surface area contributed by atoms with Crippen LogP contribution in [0, 0.1) is 0 Å². The molecule has 0 bridgehead atoms. The summed E-state index contributed by atoms with van der Waals surface area (Å²) in [6.45, 7) is 1.72. The lowest BCUT2D eigenvalue weighted by Gasteiger charge is -2.29. The lowest BCUT2D eigenvalue weighted by Crippen LogP contribution is -2.54. The molecular weight excluding hydrogens is 605 g/mol. The Hall–Kier alpha value is -2.99. The van der Waals surface area contributed by atoms with Crippen LogP contribution in [0.5, 0.6) is 0 Å². The molecule has 2 aromatic rings. The highest BCUT2D eigenvalue weighted by Crippen LogP contribution is 2.51. The lowest BCUT2D eigenvalue weighted by molar-refractivity contribution is -0.143. The van der Waals surface area contributed by atoms with Crippen LogP contribution < -0.4 is 10.6 Å². The zero-order chi connectivity index (χ0) is 30.7. The number of benzene rings is 2. The van der Waals surface area contributed by atoms with Crippen LogP contribution in [-0.2, 0) is 39.2 Å². The molecule has 2 aliphatic rings. The van der Waals surface area contributed by atoms with E-state index in [0.717, 1.165) is 5.56 Å². The number of carbonyl (C=O) groups is 4. The van der Waals surface area contributed by atoms with Crippen molar-refractivity contribution in [3.8, 4) is 0 Å². The van der Waals surface area contributed by atoms with Gasteiger partial charge in [0.2, 0.25) is 17.6 Å². The number of hydrogen-bond acceptors (Lipinski definition) is 7.